The average Bonchev–Trinajstić information content (AvgIpc) is 3.77. The molecule has 2 aromatic heterocycles. The van der Waals surface area contributed by atoms with Crippen LogP contribution >= 0.6 is 11.3 Å². The van der Waals surface area contributed by atoms with Gasteiger partial charge in [-0.1, -0.05) is 11.3 Å². The van der Waals surface area contributed by atoms with Crippen molar-refractivity contribution in [2.75, 3.05) is 51.0 Å². The molecule has 0 bridgehead atoms. The number of nitrogens with two attached hydrogens (primary N) is 1. The van der Waals surface area contributed by atoms with Crippen LogP contribution in [0.4, 0.5) is 32.9 Å². The molecule has 5 heterocycles. The molecule has 43 heavy (non-hydrogen) atoms. The average molecular weight is 622 g/mol. The molecule has 4 aromatic rings. The predicted molar refractivity (Wildman–Crippen MR) is 158 cm³/mol. The van der Waals surface area contributed by atoms with E-state index in [9.17, 15) is 22.0 Å². The lowest BCUT2D eigenvalue weighted by Crippen LogP contribution is -2.34. The molecule has 8 nitrogen and oxygen atoms in total. The van der Waals surface area contributed by atoms with Gasteiger partial charge >= 0.3 is 12.2 Å². The number of aromatic nitrogens is 3. The highest BCUT2D eigenvalue weighted by Crippen LogP contribution is 2.44. The molecule has 14 heteroatoms. The molecule has 3 aliphatic heterocycles. The van der Waals surface area contributed by atoms with Gasteiger partial charge in [-0.3, -0.25) is 4.90 Å². The van der Waals surface area contributed by atoms with Crippen molar-refractivity contribution in [2.45, 2.75) is 50.1 Å². The highest BCUT2D eigenvalue weighted by atomic mass is 32.1. The van der Waals surface area contributed by atoms with Crippen LogP contribution in [0.2, 0.25) is 0 Å². The van der Waals surface area contributed by atoms with Crippen LogP contribution in [0.5, 0.6) is 6.01 Å². The number of hydrogen-bond acceptors (Lipinski definition) is 9. The summed E-state index contributed by atoms with van der Waals surface area (Å²) in [6.45, 7) is 3.35. The molecule has 0 radical (unpaired) electrons. The van der Waals surface area contributed by atoms with Crippen molar-refractivity contribution in [2.24, 2.45) is 0 Å². The number of nitrogens with one attached hydrogen (secondary N) is 1. The molecule has 3 N–H and O–H groups in total. The Balaban J connectivity index is 0.000000310. The first-order valence-electron chi connectivity index (χ1n) is 14.2. The second kappa shape index (κ2) is 11.6. The Morgan fingerprint density at radius 2 is 1.95 bits per heavy atom. The number of methoxy groups -OCH3 is 1. The van der Waals surface area contributed by atoms with E-state index < -0.39 is 23.7 Å². The maximum Gasteiger partial charge on any atom is 0.417 e. The van der Waals surface area contributed by atoms with Crippen molar-refractivity contribution in [1.82, 2.24) is 25.2 Å². The first-order valence-corrected chi connectivity index (χ1v) is 15.0. The lowest BCUT2D eigenvalue weighted by Gasteiger charge is -2.26. The third kappa shape index (κ3) is 5.79. The third-order valence-corrected chi connectivity index (χ3v) is 9.35. The van der Waals surface area contributed by atoms with Gasteiger partial charge < -0.3 is 20.7 Å². The molecule has 7 rings (SSSR count). The summed E-state index contributed by atoms with van der Waals surface area (Å²) < 4.78 is 75.2. The minimum atomic E-state index is -4.70. The van der Waals surface area contributed by atoms with E-state index >= 15 is 0 Å². The van der Waals surface area contributed by atoms with E-state index in [0.29, 0.717) is 24.9 Å². The maximum absolute atomic E-state index is 14.3. The summed E-state index contributed by atoms with van der Waals surface area (Å²) in [5, 5.41) is 3.55. The lowest BCUT2D eigenvalue weighted by molar-refractivity contribution is -0.137. The lowest BCUT2D eigenvalue weighted by atomic mass is 9.96. The first kappa shape index (κ1) is 29.7. The van der Waals surface area contributed by atoms with Gasteiger partial charge in [0.15, 0.2) is 5.13 Å². The summed E-state index contributed by atoms with van der Waals surface area (Å²) in [4.78, 5) is 16.9. The Hall–Kier alpha value is -3.36. The summed E-state index contributed by atoms with van der Waals surface area (Å²) >= 11 is 0.883. The zero-order chi connectivity index (χ0) is 30.5. The topological polar surface area (TPSA) is 92.4 Å². The summed E-state index contributed by atoms with van der Waals surface area (Å²) in [6.07, 6.45) is -1.06. The van der Waals surface area contributed by atoms with Crippen molar-refractivity contribution >= 4 is 43.4 Å². The van der Waals surface area contributed by atoms with Crippen LogP contribution in [0.15, 0.2) is 24.3 Å². The first-order chi connectivity index (χ1) is 20.5. The van der Waals surface area contributed by atoms with Crippen molar-refractivity contribution in [3.8, 4) is 17.1 Å². The van der Waals surface area contributed by atoms with Gasteiger partial charge in [0.2, 0.25) is 0 Å². The van der Waals surface area contributed by atoms with E-state index in [-0.39, 0.29) is 49.4 Å². The Kier molecular flexibility index (Phi) is 8.03. The molecular formula is C29H32F5N7OS. The van der Waals surface area contributed by atoms with Gasteiger partial charge in [0.05, 0.1) is 28.4 Å². The number of nitrogen functional groups attached to an aromatic ring is 1. The largest absolute Gasteiger partial charge is 0.467 e. The molecular weight excluding hydrogens is 589 g/mol. The number of rotatable bonds is 4. The minimum absolute atomic E-state index is 0.0353. The summed E-state index contributed by atoms with van der Waals surface area (Å²) in [7, 11) is 3.19. The van der Waals surface area contributed by atoms with E-state index in [1.807, 2.05) is 4.90 Å². The minimum Gasteiger partial charge on any atom is -0.467 e. The fourth-order valence-electron chi connectivity index (χ4n) is 6.34. The number of halogens is 5. The second-order valence-corrected chi connectivity index (χ2v) is 12.2. The third-order valence-electron chi connectivity index (χ3n) is 8.46. The zero-order valence-corrected chi connectivity index (χ0v) is 24.5. The predicted octanol–water partition coefficient (Wildman–Crippen LogP) is 5.65. The smallest absolute Gasteiger partial charge is 0.417 e. The number of alkyl halides is 4. The summed E-state index contributed by atoms with van der Waals surface area (Å²) in [5.74, 6) is -0.255. The van der Waals surface area contributed by atoms with Gasteiger partial charge in [0.25, 0.3) is 0 Å². The van der Waals surface area contributed by atoms with Crippen LogP contribution in [0.1, 0.15) is 31.2 Å². The Labute approximate surface area is 249 Å². The van der Waals surface area contributed by atoms with Crippen LogP contribution in [0, 0.1) is 5.82 Å². The number of anilines is 2. The molecule has 2 aromatic carbocycles. The summed E-state index contributed by atoms with van der Waals surface area (Å²) in [5.41, 5.74) is 5.13. The van der Waals surface area contributed by atoms with E-state index in [4.69, 9.17) is 10.5 Å². The van der Waals surface area contributed by atoms with Gasteiger partial charge in [-0.25, -0.2) is 13.8 Å². The molecule has 3 unspecified atom stereocenters. The maximum atomic E-state index is 14.3. The van der Waals surface area contributed by atoms with Crippen molar-refractivity contribution < 1.29 is 26.7 Å². The standard InChI is InChI=1S/C22H20F4N6OS.C7H12FN/c1-32(10-5-6-28-9-10)19-13-7-14(22(24,25)26)12(8-16(13)29-21(31-19)33-2)11-3-4-15(23)18-17(11)30-20(27)34-18;8-6-4-7-2-1-3-9(7)5-6/h3-4,7-8,10,28H,5-6,9H2,1-2H3,(H2,27,30);6-7H,1-5H2. The molecule has 3 atom stereocenters. The van der Waals surface area contributed by atoms with Gasteiger partial charge in [-0.2, -0.15) is 23.1 Å². The van der Waals surface area contributed by atoms with Crippen LogP contribution in [-0.4, -0.2) is 78.4 Å². The number of nitrogens with zero attached hydrogens (tertiary/aromatic N) is 5. The molecule has 0 saturated carbocycles. The fraction of sp³-hybridized carbons (Fsp3) is 0.483. The Morgan fingerprint density at radius 3 is 2.65 bits per heavy atom. The quantitative estimate of drug-likeness (QED) is 0.283. The van der Waals surface area contributed by atoms with Gasteiger partial charge in [0, 0.05) is 43.2 Å². The van der Waals surface area contributed by atoms with Gasteiger partial charge in [0.1, 0.15) is 17.8 Å². The van der Waals surface area contributed by atoms with Crippen molar-refractivity contribution in [3.05, 3.63) is 35.6 Å². The zero-order valence-electron chi connectivity index (χ0n) is 23.7. The van der Waals surface area contributed by atoms with Crippen molar-refractivity contribution in [1.29, 1.82) is 0 Å². The highest BCUT2D eigenvalue weighted by Gasteiger charge is 2.37. The number of fused-ring (bicyclic) bond motifs is 3. The molecule has 3 fully saturated rings. The SMILES string of the molecule is COc1nc(N(C)C2CCNC2)c2cc(C(F)(F)F)c(-c3ccc(F)c4sc(N)nc34)cc2n1.FC1CC2CCCN2C1. The summed E-state index contributed by atoms with van der Waals surface area (Å²) in [6, 6.07) is 5.48. The van der Waals surface area contributed by atoms with Crippen molar-refractivity contribution in [3.63, 3.8) is 0 Å². The van der Waals surface area contributed by atoms with Crippen LogP contribution < -0.4 is 20.7 Å². The molecule has 230 valence electrons. The Morgan fingerprint density at radius 1 is 1.14 bits per heavy atom. The van der Waals surface area contributed by atoms with E-state index in [2.05, 4.69) is 25.2 Å². The second-order valence-electron chi connectivity index (χ2n) is 11.2. The van der Waals surface area contributed by atoms with Crippen LogP contribution in [-0.2, 0) is 6.18 Å². The molecule has 3 aliphatic rings. The number of likely N-dealkylation sites (N-methyl/N-ethyl adjacent to an activating group) is 1. The Bertz CT molecular complexity index is 1630. The molecule has 0 amide bonds. The normalized spacial score (nSPS) is 22.2. The number of hydrogen-bond donors (Lipinski definition) is 2. The van der Waals surface area contributed by atoms with Crippen LogP contribution in [0.25, 0.3) is 32.2 Å². The van der Waals surface area contributed by atoms with Gasteiger partial charge in [-0.05, 0) is 68.6 Å². The number of ether oxygens (including phenoxy) is 1. The van der Waals surface area contributed by atoms with E-state index in [1.165, 1.54) is 32.1 Å². The fourth-order valence-corrected chi connectivity index (χ4v) is 7.10. The van der Waals surface area contributed by atoms with E-state index in [1.54, 1.807) is 7.05 Å². The molecule has 0 spiro atoms. The number of benzene rings is 2. The number of thiazole rings is 1. The van der Waals surface area contributed by atoms with E-state index in [0.717, 1.165) is 49.4 Å². The monoisotopic (exact) mass is 621 g/mol. The van der Waals surface area contributed by atoms with Gasteiger partial charge in [-0.15, -0.1) is 0 Å². The van der Waals surface area contributed by atoms with Crippen LogP contribution in [0.3, 0.4) is 0 Å². The molecule has 3 saturated heterocycles. The highest BCUT2D eigenvalue weighted by molar-refractivity contribution is 7.22. The molecule has 0 aliphatic carbocycles.